The fourth-order valence-electron chi connectivity index (χ4n) is 5.68. The maximum Gasteiger partial charge on any atom is -0.0103 e. The van der Waals surface area contributed by atoms with E-state index >= 15 is 0 Å². The van der Waals surface area contributed by atoms with Crippen LogP contribution in [0.25, 0.3) is 0 Å². The summed E-state index contributed by atoms with van der Waals surface area (Å²) < 4.78 is 0. The highest BCUT2D eigenvalue weighted by Crippen LogP contribution is 2.51. The van der Waals surface area contributed by atoms with E-state index in [-0.39, 0.29) is 0 Å². The van der Waals surface area contributed by atoms with Gasteiger partial charge in [0.1, 0.15) is 0 Å². The Hall–Kier alpha value is -0.780. The predicted octanol–water partition coefficient (Wildman–Crippen LogP) is 7.94. The summed E-state index contributed by atoms with van der Waals surface area (Å²) in [5.74, 6) is 4.46. The van der Waals surface area contributed by atoms with E-state index in [2.05, 4.69) is 45.0 Å². The lowest BCUT2D eigenvalue weighted by atomic mass is 9.75. The molecule has 2 aliphatic rings. The number of rotatable bonds is 5. The van der Waals surface area contributed by atoms with Gasteiger partial charge in [-0.3, -0.25) is 0 Å². The van der Waals surface area contributed by atoms with Crippen molar-refractivity contribution in [2.45, 2.75) is 97.8 Å². The van der Waals surface area contributed by atoms with Crippen molar-refractivity contribution >= 4 is 0 Å². The first kappa shape index (κ1) is 19.5. The molecule has 24 heavy (non-hydrogen) atoms. The summed E-state index contributed by atoms with van der Waals surface area (Å²) in [6.45, 7) is 11.2. The second-order valence-corrected chi connectivity index (χ2v) is 7.77. The molecule has 0 nitrogen and oxygen atoms in total. The van der Waals surface area contributed by atoms with Crippen LogP contribution in [0.1, 0.15) is 109 Å². The van der Waals surface area contributed by atoms with Crippen LogP contribution in [-0.4, -0.2) is 0 Å². The van der Waals surface area contributed by atoms with Crippen LogP contribution in [0.2, 0.25) is 0 Å². The van der Waals surface area contributed by atoms with Crippen molar-refractivity contribution in [1.82, 2.24) is 0 Å². The zero-order chi connectivity index (χ0) is 17.5. The molecule has 3 rings (SSSR count). The van der Waals surface area contributed by atoms with Gasteiger partial charge in [0.15, 0.2) is 0 Å². The van der Waals surface area contributed by atoms with Gasteiger partial charge < -0.3 is 0 Å². The number of benzene rings is 1. The minimum atomic E-state index is 0.837. The van der Waals surface area contributed by atoms with Crippen molar-refractivity contribution in [3.63, 3.8) is 0 Å². The van der Waals surface area contributed by atoms with Gasteiger partial charge in [-0.2, -0.15) is 0 Å². The Morgan fingerprint density at radius 1 is 0.708 bits per heavy atom. The van der Waals surface area contributed by atoms with Gasteiger partial charge in [-0.25, -0.2) is 0 Å². The number of hydrogen-bond donors (Lipinski definition) is 0. The first-order valence-corrected chi connectivity index (χ1v) is 10.9. The average Bonchev–Trinajstić information content (AvgIpc) is 3.29. The van der Waals surface area contributed by atoms with Gasteiger partial charge in [-0.05, 0) is 66.4 Å². The second kappa shape index (κ2) is 9.64. The summed E-state index contributed by atoms with van der Waals surface area (Å²) in [4.78, 5) is 0. The summed E-state index contributed by atoms with van der Waals surface area (Å²) in [7, 11) is 0. The van der Waals surface area contributed by atoms with Crippen molar-refractivity contribution < 1.29 is 0 Å². The topological polar surface area (TPSA) is 0 Å². The van der Waals surface area contributed by atoms with Crippen molar-refractivity contribution in [3.8, 4) is 0 Å². The van der Waals surface area contributed by atoms with Crippen LogP contribution in [0.3, 0.4) is 0 Å². The van der Waals surface area contributed by atoms with Crippen LogP contribution in [-0.2, 0) is 0 Å². The molecule has 1 aromatic rings. The van der Waals surface area contributed by atoms with Crippen LogP contribution in [0.5, 0.6) is 0 Å². The van der Waals surface area contributed by atoms with E-state index in [0.29, 0.717) is 0 Å². The van der Waals surface area contributed by atoms with E-state index in [4.69, 9.17) is 0 Å². The third kappa shape index (κ3) is 3.89. The Bertz CT molecular complexity index is 463. The molecule has 2 fully saturated rings. The quantitative estimate of drug-likeness (QED) is 0.514. The van der Waals surface area contributed by atoms with E-state index < -0.39 is 0 Å². The number of hydrogen-bond acceptors (Lipinski definition) is 0. The third-order valence-corrected chi connectivity index (χ3v) is 6.91. The average molecular weight is 329 g/mol. The smallest absolute Gasteiger partial charge is 0.0103 e. The molecule has 0 amide bonds. The van der Waals surface area contributed by atoms with Crippen molar-refractivity contribution in [2.24, 2.45) is 17.8 Å². The normalized spacial score (nSPS) is 32.5. The highest BCUT2D eigenvalue weighted by Gasteiger charge is 2.38. The first-order chi connectivity index (χ1) is 11.8. The van der Waals surface area contributed by atoms with Crippen LogP contribution >= 0.6 is 0 Å². The zero-order valence-corrected chi connectivity index (χ0v) is 16.9. The summed E-state index contributed by atoms with van der Waals surface area (Å²) in [6.07, 6.45) is 11.3. The summed E-state index contributed by atoms with van der Waals surface area (Å²) in [5, 5.41) is 0. The maximum absolute atomic E-state index is 2.49. The van der Waals surface area contributed by atoms with Gasteiger partial charge in [-0.15, -0.1) is 0 Å². The summed E-state index contributed by atoms with van der Waals surface area (Å²) in [5.41, 5.74) is 3.47. The third-order valence-electron chi connectivity index (χ3n) is 6.91. The molecule has 136 valence electrons. The molecule has 0 radical (unpaired) electrons. The van der Waals surface area contributed by atoms with Crippen molar-refractivity contribution in [3.05, 3.63) is 35.4 Å². The van der Waals surface area contributed by atoms with Gasteiger partial charge in [0.25, 0.3) is 0 Å². The molecular formula is C24H40. The Labute approximate surface area is 151 Å². The standard InChI is InChI=1S/C22H34.C2H6/c1-4-16-10-9-13-19(16)20-11-7-8-12-21(20)22-17(5-2)14-15-18(22)6-3;1-2/h7-8,11-12,16-19,22H,4-6,9-10,13-15H2,1-3H3;1-2H3/t16?,17-,18?,19?,22?;/m0./s1. The minimum Gasteiger partial charge on any atom is -0.0683 e. The first-order valence-electron chi connectivity index (χ1n) is 10.9. The van der Waals surface area contributed by atoms with E-state index in [1.165, 1.54) is 51.4 Å². The molecule has 0 aromatic heterocycles. The molecule has 1 aromatic carbocycles. The molecule has 0 heteroatoms. The van der Waals surface area contributed by atoms with Crippen molar-refractivity contribution in [1.29, 1.82) is 0 Å². The predicted molar refractivity (Wildman–Crippen MR) is 108 cm³/mol. The lowest BCUT2D eigenvalue weighted by Gasteiger charge is -2.30. The van der Waals surface area contributed by atoms with Gasteiger partial charge in [0, 0.05) is 0 Å². The van der Waals surface area contributed by atoms with Crippen LogP contribution in [0, 0.1) is 17.8 Å². The van der Waals surface area contributed by atoms with E-state index in [1.807, 2.05) is 13.8 Å². The Kier molecular flexibility index (Phi) is 7.85. The Balaban J connectivity index is 0.00000100. The van der Waals surface area contributed by atoms with Crippen LogP contribution in [0.15, 0.2) is 24.3 Å². The van der Waals surface area contributed by atoms with E-state index in [0.717, 1.165) is 29.6 Å². The molecule has 0 bridgehead atoms. The largest absolute Gasteiger partial charge is 0.0683 e. The molecule has 0 spiro atoms. The van der Waals surface area contributed by atoms with E-state index in [9.17, 15) is 0 Å². The molecule has 4 unspecified atom stereocenters. The molecule has 2 saturated carbocycles. The Morgan fingerprint density at radius 2 is 1.25 bits per heavy atom. The molecule has 2 aliphatic carbocycles. The minimum absolute atomic E-state index is 0.837. The van der Waals surface area contributed by atoms with Gasteiger partial charge in [-0.1, -0.05) is 84.6 Å². The Morgan fingerprint density at radius 3 is 1.79 bits per heavy atom. The van der Waals surface area contributed by atoms with E-state index in [1.54, 1.807) is 11.1 Å². The maximum atomic E-state index is 2.49. The SMILES string of the molecule is CC.CCC1CCCC1c1ccccc1C1C(CC)CC[C@@H]1CC. The second-order valence-electron chi connectivity index (χ2n) is 7.77. The van der Waals surface area contributed by atoms with Gasteiger partial charge >= 0.3 is 0 Å². The lowest BCUT2D eigenvalue weighted by molar-refractivity contribution is 0.385. The zero-order valence-electron chi connectivity index (χ0n) is 16.9. The summed E-state index contributed by atoms with van der Waals surface area (Å²) >= 11 is 0. The van der Waals surface area contributed by atoms with Crippen LogP contribution in [0.4, 0.5) is 0 Å². The molecule has 0 saturated heterocycles. The summed E-state index contributed by atoms with van der Waals surface area (Å²) in [6, 6.07) is 9.56. The molecule has 0 heterocycles. The lowest BCUT2D eigenvalue weighted by Crippen LogP contribution is -2.17. The fraction of sp³-hybridized carbons (Fsp3) is 0.750. The molecule has 0 N–H and O–H groups in total. The van der Waals surface area contributed by atoms with Crippen molar-refractivity contribution in [2.75, 3.05) is 0 Å². The fourth-order valence-corrected chi connectivity index (χ4v) is 5.68. The van der Waals surface area contributed by atoms with Gasteiger partial charge in [0.2, 0.25) is 0 Å². The monoisotopic (exact) mass is 328 g/mol. The van der Waals surface area contributed by atoms with Crippen LogP contribution < -0.4 is 0 Å². The molecule has 0 aliphatic heterocycles. The van der Waals surface area contributed by atoms with Gasteiger partial charge in [0.05, 0.1) is 0 Å². The highest BCUT2D eigenvalue weighted by molar-refractivity contribution is 5.36. The molecule has 5 atom stereocenters. The molecular weight excluding hydrogens is 288 g/mol. The highest BCUT2D eigenvalue weighted by atomic mass is 14.4.